The van der Waals surface area contributed by atoms with Crippen LogP contribution in [0.4, 0.5) is 18.9 Å². The number of anilines is 1. The molecule has 2 fully saturated rings. The molecule has 6 rings (SSSR count). The number of aromatic nitrogens is 2. The number of hydrogen-bond acceptors (Lipinski definition) is 5. The Balaban J connectivity index is 1.56. The Labute approximate surface area is 204 Å². The topological polar surface area (TPSA) is 70.2 Å². The fourth-order valence-corrected chi connectivity index (χ4v) is 5.26. The zero-order valence-corrected chi connectivity index (χ0v) is 19.2. The third-order valence-electron chi connectivity index (χ3n) is 6.91. The maximum absolute atomic E-state index is 14.2. The molecule has 0 radical (unpaired) electrons. The number of nitrogens with zero attached hydrogens (tertiary/aromatic N) is 2. The molecule has 2 aliphatic heterocycles. The Bertz CT molecular complexity index is 1500. The van der Waals surface area contributed by atoms with Crippen molar-refractivity contribution in [1.82, 2.24) is 15.3 Å². The molecule has 0 amide bonds. The van der Waals surface area contributed by atoms with E-state index in [-0.39, 0.29) is 17.7 Å². The second-order valence-electron chi connectivity index (χ2n) is 9.18. The van der Waals surface area contributed by atoms with Crippen LogP contribution in [-0.4, -0.2) is 48.4 Å². The van der Waals surface area contributed by atoms with Crippen molar-refractivity contribution < 1.29 is 17.9 Å². The number of benzene rings is 2. The van der Waals surface area contributed by atoms with Gasteiger partial charge in [-0.3, -0.25) is 9.78 Å². The van der Waals surface area contributed by atoms with Gasteiger partial charge in [0.25, 0.3) is 5.56 Å². The van der Waals surface area contributed by atoms with Gasteiger partial charge in [-0.15, -0.1) is 0 Å². The van der Waals surface area contributed by atoms with Gasteiger partial charge in [0.2, 0.25) is 0 Å². The molecule has 2 saturated heterocycles. The summed E-state index contributed by atoms with van der Waals surface area (Å²) in [5, 5.41) is 4.19. The summed E-state index contributed by atoms with van der Waals surface area (Å²) in [7, 11) is 0. The molecule has 2 N–H and O–H groups in total. The molecular formula is C27H23F3N4O2. The Hall–Kier alpha value is -3.69. The van der Waals surface area contributed by atoms with Crippen LogP contribution in [0, 0.1) is 17.5 Å². The van der Waals surface area contributed by atoms with Gasteiger partial charge >= 0.3 is 0 Å². The summed E-state index contributed by atoms with van der Waals surface area (Å²) < 4.78 is 48.4. The highest BCUT2D eigenvalue weighted by Crippen LogP contribution is 2.40. The quantitative estimate of drug-likeness (QED) is 0.448. The number of H-pyrrole nitrogens is 1. The maximum Gasteiger partial charge on any atom is 0.256 e. The lowest BCUT2D eigenvalue weighted by Gasteiger charge is -2.43. The molecule has 4 aromatic rings. The number of fused-ring (bicyclic) bond motifs is 2. The fourth-order valence-electron chi connectivity index (χ4n) is 5.26. The number of hydrogen-bond donors (Lipinski definition) is 2. The summed E-state index contributed by atoms with van der Waals surface area (Å²) >= 11 is 0. The first-order chi connectivity index (χ1) is 17.5. The summed E-state index contributed by atoms with van der Waals surface area (Å²) in [6, 6.07) is 10.1. The molecule has 0 spiro atoms. The lowest BCUT2D eigenvalue weighted by atomic mass is 9.95. The van der Waals surface area contributed by atoms with Gasteiger partial charge in [0.05, 0.1) is 23.9 Å². The minimum Gasteiger partial charge on any atom is -0.373 e. The average Bonchev–Trinajstić information content (AvgIpc) is 2.88. The molecule has 6 nitrogen and oxygen atoms in total. The number of aromatic amines is 1. The minimum absolute atomic E-state index is 0.0398. The van der Waals surface area contributed by atoms with Crippen molar-refractivity contribution in [3.05, 3.63) is 82.7 Å². The van der Waals surface area contributed by atoms with Crippen LogP contribution in [0.2, 0.25) is 0 Å². The Morgan fingerprint density at radius 1 is 0.972 bits per heavy atom. The van der Waals surface area contributed by atoms with Gasteiger partial charge in [0, 0.05) is 60.6 Å². The second kappa shape index (κ2) is 9.07. The van der Waals surface area contributed by atoms with Crippen molar-refractivity contribution in [1.29, 1.82) is 0 Å². The van der Waals surface area contributed by atoms with Crippen LogP contribution in [-0.2, 0) is 4.74 Å². The Morgan fingerprint density at radius 3 is 2.64 bits per heavy atom. The van der Waals surface area contributed by atoms with Crippen LogP contribution in [0.3, 0.4) is 0 Å². The molecule has 184 valence electrons. The number of rotatable bonds is 3. The zero-order valence-electron chi connectivity index (χ0n) is 19.2. The van der Waals surface area contributed by atoms with E-state index in [4.69, 9.17) is 4.74 Å². The average molecular weight is 493 g/mol. The van der Waals surface area contributed by atoms with Gasteiger partial charge in [0.15, 0.2) is 0 Å². The number of nitrogens with one attached hydrogen (secondary N) is 2. The number of morpholine rings is 1. The normalized spacial score (nSPS) is 19.9. The smallest absolute Gasteiger partial charge is 0.256 e. The monoisotopic (exact) mass is 492 g/mol. The Kier molecular flexibility index (Phi) is 5.73. The summed E-state index contributed by atoms with van der Waals surface area (Å²) in [5.74, 6) is -1.93. The van der Waals surface area contributed by atoms with Crippen molar-refractivity contribution in [2.24, 2.45) is 0 Å². The molecular weight excluding hydrogens is 469 g/mol. The number of piperidine rings is 1. The molecule has 1 unspecified atom stereocenters. The first-order valence-corrected chi connectivity index (χ1v) is 11.8. The van der Waals surface area contributed by atoms with Crippen molar-refractivity contribution in [2.75, 3.05) is 31.1 Å². The highest BCUT2D eigenvalue weighted by atomic mass is 19.1. The van der Waals surface area contributed by atoms with Crippen molar-refractivity contribution in [2.45, 2.75) is 18.6 Å². The summed E-state index contributed by atoms with van der Waals surface area (Å²) in [5.41, 5.74) is 2.59. The van der Waals surface area contributed by atoms with Gasteiger partial charge < -0.3 is 19.9 Å². The first kappa shape index (κ1) is 22.8. The molecule has 2 aromatic carbocycles. The van der Waals surface area contributed by atoms with Gasteiger partial charge in [-0.25, -0.2) is 13.2 Å². The van der Waals surface area contributed by atoms with Crippen molar-refractivity contribution >= 4 is 16.6 Å². The highest BCUT2D eigenvalue weighted by molar-refractivity contribution is 6.01. The molecule has 4 heterocycles. The molecule has 0 saturated carbocycles. The molecule has 0 aliphatic carbocycles. The summed E-state index contributed by atoms with van der Waals surface area (Å²) in [4.78, 5) is 21.6. The summed E-state index contributed by atoms with van der Waals surface area (Å²) in [6.45, 7) is 2.68. The number of ether oxygens (including phenoxy) is 1. The van der Waals surface area contributed by atoms with E-state index in [2.05, 4.69) is 20.2 Å². The lowest BCUT2D eigenvalue weighted by molar-refractivity contribution is -0.00896. The predicted octanol–water partition coefficient (Wildman–Crippen LogP) is 4.24. The number of halogens is 3. The van der Waals surface area contributed by atoms with E-state index in [0.717, 1.165) is 30.9 Å². The molecule has 36 heavy (non-hydrogen) atoms. The van der Waals surface area contributed by atoms with E-state index in [1.54, 1.807) is 24.4 Å². The second-order valence-corrected chi connectivity index (χ2v) is 9.18. The molecule has 2 aromatic heterocycles. The van der Waals surface area contributed by atoms with Crippen LogP contribution in [0.25, 0.3) is 33.2 Å². The molecule has 9 heteroatoms. The lowest BCUT2D eigenvalue weighted by Crippen LogP contribution is -2.57. The van der Waals surface area contributed by atoms with Crippen molar-refractivity contribution in [3.63, 3.8) is 0 Å². The van der Waals surface area contributed by atoms with Gasteiger partial charge in [-0.2, -0.15) is 0 Å². The van der Waals surface area contributed by atoms with E-state index in [1.807, 2.05) is 0 Å². The highest BCUT2D eigenvalue weighted by Gasteiger charge is 2.33. The molecule has 2 aliphatic rings. The zero-order chi connectivity index (χ0) is 24.8. The molecule has 0 bridgehead atoms. The minimum atomic E-state index is -0.686. The van der Waals surface area contributed by atoms with E-state index >= 15 is 0 Å². The van der Waals surface area contributed by atoms with E-state index < -0.39 is 23.0 Å². The fraction of sp³-hybridized carbons (Fsp3) is 0.259. The van der Waals surface area contributed by atoms with Gasteiger partial charge in [0.1, 0.15) is 17.5 Å². The number of pyridine rings is 2. The summed E-state index contributed by atoms with van der Waals surface area (Å²) in [6.07, 6.45) is 3.42. The predicted molar refractivity (Wildman–Crippen MR) is 131 cm³/mol. The molecule has 2 atom stereocenters. The largest absolute Gasteiger partial charge is 0.373 e. The Morgan fingerprint density at radius 2 is 1.81 bits per heavy atom. The van der Waals surface area contributed by atoms with Crippen LogP contribution in [0.15, 0.2) is 59.7 Å². The van der Waals surface area contributed by atoms with Gasteiger partial charge in [-0.1, -0.05) is 6.07 Å². The van der Waals surface area contributed by atoms with E-state index in [1.165, 1.54) is 18.2 Å². The third-order valence-corrected chi connectivity index (χ3v) is 6.91. The van der Waals surface area contributed by atoms with Crippen molar-refractivity contribution in [3.8, 4) is 22.3 Å². The van der Waals surface area contributed by atoms with E-state index in [0.29, 0.717) is 47.3 Å². The van der Waals surface area contributed by atoms with Gasteiger partial charge in [-0.05, 0) is 47.9 Å². The SMILES string of the molecule is O=c1[nH]cc(F)cc1-c1ccc2ncc(-c3cc(F)cc(F)c3)c(N3CCC4NCCO[C@@H]4C3)c2c1. The van der Waals surface area contributed by atoms with Crippen LogP contribution in [0.1, 0.15) is 6.42 Å². The standard InChI is InChI=1S/C27H23F3N4O2/c28-17-7-16(8-18(29)10-17)22-13-32-23-2-1-15(20-11-19(30)12-33-27(20)35)9-21(23)26(22)34-5-3-24-25(14-34)36-6-4-31-24/h1-2,7-13,24-25,31H,3-6,14H2,(H,33,35)/t24?,25-/m1/s1. The first-order valence-electron chi connectivity index (χ1n) is 11.8. The van der Waals surface area contributed by atoms with Crippen LogP contribution in [0.5, 0.6) is 0 Å². The van der Waals surface area contributed by atoms with Crippen LogP contribution < -0.4 is 15.8 Å². The third kappa shape index (κ3) is 4.14. The van der Waals surface area contributed by atoms with E-state index in [9.17, 15) is 18.0 Å². The maximum atomic E-state index is 14.2. The van der Waals surface area contributed by atoms with Crippen LogP contribution >= 0.6 is 0 Å².